The van der Waals surface area contributed by atoms with Crippen LogP contribution in [-0.4, -0.2) is 42.4 Å². The molecule has 28 heavy (non-hydrogen) atoms. The van der Waals surface area contributed by atoms with Crippen LogP contribution in [0.2, 0.25) is 0 Å². The summed E-state index contributed by atoms with van der Waals surface area (Å²) in [7, 11) is -0.392. The lowest BCUT2D eigenvalue weighted by Gasteiger charge is -2.33. The second kappa shape index (κ2) is 7.82. The molecule has 0 unspecified atom stereocenters. The molecule has 2 saturated heterocycles. The molecule has 0 aliphatic carbocycles. The van der Waals surface area contributed by atoms with Crippen molar-refractivity contribution < 1.29 is 18.8 Å². The van der Waals surface area contributed by atoms with Crippen molar-refractivity contribution in [3.8, 4) is 0 Å². The van der Waals surface area contributed by atoms with Crippen LogP contribution in [-0.2, 0) is 20.5 Å². The fourth-order valence-electron chi connectivity index (χ4n) is 3.61. The number of benzene rings is 1. The Hall–Kier alpha value is -1.95. The van der Waals surface area contributed by atoms with Gasteiger partial charge in [-0.3, -0.25) is 0 Å². The van der Waals surface area contributed by atoms with E-state index < -0.39 is 18.3 Å². The molecule has 2 aliphatic heterocycles. The standard InChI is InChI=1S/C22H32BNO4/c1-16-22(5,6)28-23(27-16)19-9-7-8-18(15-19)14-17-10-12-24(13-11-17)20(25)26-21(2,3)4/h7-9,15,17H,1,10-14H2,2-6H3. The summed E-state index contributed by atoms with van der Waals surface area (Å²) in [6.45, 7) is 15.1. The first-order valence-corrected chi connectivity index (χ1v) is 10.1. The van der Waals surface area contributed by atoms with E-state index in [-0.39, 0.29) is 6.09 Å². The number of likely N-dealkylation sites (tertiary alicyclic amines) is 1. The van der Waals surface area contributed by atoms with Crippen molar-refractivity contribution in [2.24, 2.45) is 5.92 Å². The van der Waals surface area contributed by atoms with Gasteiger partial charge in [-0.1, -0.05) is 30.8 Å². The molecule has 0 N–H and O–H groups in total. The molecule has 6 heteroatoms. The van der Waals surface area contributed by atoms with E-state index in [9.17, 15) is 4.79 Å². The van der Waals surface area contributed by atoms with Crippen LogP contribution in [0.25, 0.3) is 0 Å². The average Bonchev–Trinajstić information content (AvgIpc) is 2.87. The number of ether oxygens (including phenoxy) is 1. The predicted octanol–water partition coefficient (Wildman–Crippen LogP) is 3.91. The minimum Gasteiger partial charge on any atom is -0.534 e. The minimum absolute atomic E-state index is 0.202. The summed E-state index contributed by atoms with van der Waals surface area (Å²) in [6.07, 6.45) is 2.77. The van der Waals surface area contributed by atoms with E-state index in [1.165, 1.54) is 5.56 Å². The Morgan fingerprint density at radius 1 is 1.32 bits per heavy atom. The summed E-state index contributed by atoms with van der Waals surface area (Å²) in [6, 6.07) is 8.41. The monoisotopic (exact) mass is 385 g/mol. The molecular formula is C22H32BNO4. The fourth-order valence-corrected chi connectivity index (χ4v) is 3.61. The third-order valence-electron chi connectivity index (χ3n) is 5.34. The van der Waals surface area contributed by atoms with Gasteiger partial charge in [-0.15, -0.1) is 0 Å². The molecule has 1 aromatic carbocycles. The summed E-state index contributed by atoms with van der Waals surface area (Å²) >= 11 is 0. The van der Waals surface area contributed by atoms with Gasteiger partial charge in [-0.05, 0) is 70.8 Å². The Morgan fingerprint density at radius 3 is 2.57 bits per heavy atom. The highest BCUT2D eigenvalue weighted by Gasteiger charge is 2.42. The highest BCUT2D eigenvalue weighted by molar-refractivity contribution is 6.62. The molecule has 1 amide bonds. The van der Waals surface area contributed by atoms with Gasteiger partial charge < -0.3 is 18.9 Å². The maximum absolute atomic E-state index is 12.2. The van der Waals surface area contributed by atoms with Crippen molar-refractivity contribution >= 4 is 18.7 Å². The highest BCUT2D eigenvalue weighted by atomic mass is 16.7. The Morgan fingerprint density at radius 2 is 2.00 bits per heavy atom. The lowest BCUT2D eigenvalue weighted by molar-refractivity contribution is 0.0184. The average molecular weight is 385 g/mol. The molecule has 2 aliphatic rings. The first-order chi connectivity index (χ1) is 13.0. The van der Waals surface area contributed by atoms with Gasteiger partial charge in [0.25, 0.3) is 0 Å². The molecule has 0 saturated carbocycles. The number of carbonyl (C=O) groups excluding carboxylic acids is 1. The van der Waals surface area contributed by atoms with E-state index in [2.05, 4.69) is 24.8 Å². The molecule has 0 bridgehead atoms. The second-order valence-electron chi connectivity index (χ2n) is 9.36. The van der Waals surface area contributed by atoms with Crippen molar-refractivity contribution in [1.82, 2.24) is 4.90 Å². The molecule has 152 valence electrons. The van der Waals surface area contributed by atoms with Crippen LogP contribution in [0, 0.1) is 5.92 Å². The first-order valence-electron chi connectivity index (χ1n) is 10.1. The van der Waals surface area contributed by atoms with Crippen molar-refractivity contribution in [2.45, 2.75) is 65.1 Å². The topological polar surface area (TPSA) is 48.0 Å². The summed E-state index contributed by atoms with van der Waals surface area (Å²) in [4.78, 5) is 14.0. The van der Waals surface area contributed by atoms with Crippen LogP contribution >= 0.6 is 0 Å². The number of nitrogens with zero attached hydrogens (tertiary/aromatic N) is 1. The van der Waals surface area contributed by atoms with Crippen molar-refractivity contribution in [1.29, 1.82) is 0 Å². The highest BCUT2D eigenvalue weighted by Crippen LogP contribution is 2.29. The zero-order valence-electron chi connectivity index (χ0n) is 17.8. The van der Waals surface area contributed by atoms with E-state index in [0.29, 0.717) is 11.7 Å². The van der Waals surface area contributed by atoms with E-state index >= 15 is 0 Å². The molecule has 2 fully saturated rings. The largest absolute Gasteiger partial charge is 0.563 e. The third kappa shape index (κ3) is 5.10. The molecule has 2 heterocycles. The summed E-state index contributed by atoms with van der Waals surface area (Å²) in [5, 5.41) is 0. The number of carbonyl (C=O) groups is 1. The van der Waals surface area contributed by atoms with Crippen LogP contribution < -0.4 is 5.46 Å². The summed E-state index contributed by atoms with van der Waals surface area (Å²) in [5.74, 6) is 1.23. The molecule has 0 aromatic heterocycles. The van der Waals surface area contributed by atoms with Gasteiger partial charge in [-0.25, -0.2) is 4.79 Å². The third-order valence-corrected chi connectivity index (χ3v) is 5.34. The van der Waals surface area contributed by atoms with Crippen LogP contribution in [0.15, 0.2) is 36.6 Å². The first kappa shape index (κ1) is 20.8. The molecule has 1 aromatic rings. The van der Waals surface area contributed by atoms with Crippen LogP contribution in [0.1, 0.15) is 53.0 Å². The van der Waals surface area contributed by atoms with E-state index in [0.717, 1.165) is 37.8 Å². The zero-order valence-corrected chi connectivity index (χ0v) is 17.8. The summed E-state index contributed by atoms with van der Waals surface area (Å²) < 4.78 is 17.3. The fraction of sp³-hybridized carbons (Fsp3) is 0.591. The van der Waals surface area contributed by atoms with Crippen LogP contribution in [0.5, 0.6) is 0 Å². The summed E-state index contributed by atoms with van der Waals surface area (Å²) in [5.41, 5.74) is 1.39. The number of hydrogen-bond donors (Lipinski definition) is 0. The predicted molar refractivity (Wildman–Crippen MR) is 111 cm³/mol. The molecule has 0 atom stereocenters. The van der Waals surface area contributed by atoms with E-state index in [1.54, 1.807) is 0 Å². The van der Waals surface area contributed by atoms with Gasteiger partial charge in [0.2, 0.25) is 0 Å². The Labute approximate surface area is 169 Å². The number of piperidine rings is 1. The van der Waals surface area contributed by atoms with Crippen molar-refractivity contribution in [2.75, 3.05) is 13.1 Å². The van der Waals surface area contributed by atoms with Gasteiger partial charge in [0.1, 0.15) is 11.2 Å². The number of rotatable bonds is 3. The van der Waals surface area contributed by atoms with Crippen molar-refractivity contribution in [3.05, 3.63) is 42.2 Å². The van der Waals surface area contributed by atoms with Gasteiger partial charge in [0, 0.05) is 13.1 Å². The van der Waals surface area contributed by atoms with Gasteiger partial charge >= 0.3 is 13.2 Å². The molecule has 0 spiro atoms. The molecule has 5 nitrogen and oxygen atoms in total. The maximum Gasteiger partial charge on any atom is 0.563 e. The molecule has 0 radical (unpaired) electrons. The Kier molecular flexibility index (Phi) is 5.80. The zero-order chi connectivity index (χ0) is 20.5. The smallest absolute Gasteiger partial charge is 0.534 e. The van der Waals surface area contributed by atoms with Crippen LogP contribution in [0.4, 0.5) is 4.79 Å². The molecular weight excluding hydrogens is 353 g/mol. The quantitative estimate of drug-likeness (QED) is 0.741. The van der Waals surface area contributed by atoms with Gasteiger partial charge in [0.15, 0.2) is 0 Å². The van der Waals surface area contributed by atoms with Gasteiger partial charge in [-0.2, -0.15) is 0 Å². The lowest BCUT2D eigenvalue weighted by atomic mass is 9.77. The van der Waals surface area contributed by atoms with E-state index in [4.69, 9.17) is 14.0 Å². The maximum atomic E-state index is 12.2. The van der Waals surface area contributed by atoms with Crippen molar-refractivity contribution in [3.63, 3.8) is 0 Å². The molecule has 3 rings (SSSR count). The number of hydrogen-bond acceptors (Lipinski definition) is 4. The van der Waals surface area contributed by atoms with Gasteiger partial charge in [0.05, 0.1) is 5.76 Å². The normalized spacial score (nSPS) is 20.2. The van der Waals surface area contributed by atoms with Crippen LogP contribution in [0.3, 0.4) is 0 Å². The Balaban J connectivity index is 1.55. The Bertz CT molecular complexity index is 732. The van der Waals surface area contributed by atoms with E-state index in [1.807, 2.05) is 45.6 Å². The lowest BCUT2D eigenvalue weighted by Crippen LogP contribution is -2.42. The second-order valence-corrected chi connectivity index (χ2v) is 9.36. The SMILES string of the molecule is C=C1OB(c2cccc(CC3CCN(C(=O)OC(C)(C)C)CC3)c2)OC1(C)C. The number of amides is 1. The minimum atomic E-state index is -0.463.